The van der Waals surface area contributed by atoms with Crippen LogP contribution in [0.2, 0.25) is 0 Å². The van der Waals surface area contributed by atoms with E-state index in [1.807, 2.05) is 30.6 Å². The maximum atomic E-state index is 5.66. The fraction of sp³-hybridized carbons (Fsp3) is 0.250. The Balaban J connectivity index is 2.41. The molecule has 0 aliphatic rings. The number of rotatable bonds is 3. The van der Waals surface area contributed by atoms with E-state index >= 15 is 0 Å². The molecule has 1 unspecified atom stereocenters. The summed E-state index contributed by atoms with van der Waals surface area (Å²) in [6.07, 6.45) is 3.79. The smallest absolute Gasteiger partial charge is 0.140 e. The SMILES string of the molecule is CC(CN)n1ccnc1-c1ccccc1. The van der Waals surface area contributed by atoms with Crippen LogP contribution in [0.4, 0.5) is 0 Å². The van der Waals surface area contributed by atoms with Gasteiger partial charge in [-0.1, -0.05) is 30.3 Å². The van der Waals surface area contributed by atoms with Crippen molar-refractivity contribution in [2.75, 3.05) is 6.54 Å². The molecular weight excluding hydrogens is 186 g/mol. The van der Waals surface area contributed by atoms with E-state index in [4.69, 9.17) is 5.73 Å². The van der Waals surface area contributed by atoms with Gasteiger partial charge in [0.15, 0.2) is 0 Å². The van der Waals surface area contributed by atoms with Gasteiger partial charge in [0, 0.05) is 30.5 Å². The Bertz CT molecular complexity index is 419. The Hall–Kier alpha value is -1.61. The zero-order chi connectivity index (χ0) is 10.7. The van der Waals surface area contributed by atoms with E-state index in [1.54, 1.807) is 0 Å². The summed E-state index contributed by atoms with van der Waals surface area (Å²) in [5, 5.41) is 0. The van der Waals surface area contributed by atoms with Gasteiger partial charge in [0.1, 0.15) is 5.82 Å². The molecule has 0 amide bonds. The van der Waals surface area contributed by atoms with Crippen molar-refractivity contribution in [3.8, 4) is 11.4 Å². The minimum Gasteiger partial charge on any atom is -0.328 e. The molecule has 2 N–H and O–H groups in total. The van der Waals surface area contributed by atoms with Crippen molar-refractivity contribution in [1.82, 2.24) is 9.55 Å². The van der Waals surface area contributed by atoms with E-state index < -0.39 is 0 Å². The summed E-state index contributed by atoms with van der Waals surface area (Å²) in [5.41, 5.74) is 6.79. The third-order valence-electron chi connectivity index (χ3n) is 2.52. The van der Waals surface area contributed by atoms with Crippen LogP contribution < -0.4 is 5.73 Å². The fourth-order valence-corrected chi connectivity index (χ4v) is 1.59. The topological polar surface area (TPSA) is 43.8 Å². The molecule has 1 aromatic heterocycles. The highest BCUT2D eigenvalue weighted by Crippen LogP contribution is 2.19. The summed E-state index contributed by atoms with van der Waals surface area (Å²) in [4.78, 5) is 4.36. The van der Waals surface area contributed by atoms with Gasteiger partial charge in [-0.2, -0.15) is 0 Å². The van der Waals surface area contributed by atoms with Gasteiger partial charge in [0.2, 0.25) is 0 Å². The maximum absolute atomic E-state index is 5.66. The molecule has 3 nitrogen and oxygen atoms in total. The van der Waals surface area contributed by atoms with E-state index in [9.17, 15) is 0 Å². The Labute approximate surface area is 89.6 Å². The van der Waals surface area contributed by atoms with Gasteiger partial charge >= 0.3 is 0 Å². The Morgan fingerprint density at radius 2 is 2.07 bits per heavy atom. The van der Waals surface area contributed by atoms with Gasteiger partial charge in [-0.05, 0) is 6.92 Å². The van der Waals surface area contributed by atoms with Crippen LogP contribution in [0.3, 0.4) is 0 Å². The molecule has 0 saturated carbocycles. The van der Waals surface area contributed by atoms with Crippen LogP contribution in [0.1, 0.15) is 13.0 Å². The number of nitrogens with zero attached hydrogens (tertiary/aromatic N) is 2. The molecule has 0 bridgehead atoms. The second kappa shape index (κ2) is 4.28. The average Bonchev–Trinajstić information content (AvgIpc) is 2.78. The third-order valence-corrected chi connectivity index (χ3v) is 2.52. The van der Waals surface area contributed by atoms with Crippen LogP contribution >= 0.6 is 0 Å². The van der Waals surface area contributed by atoms with Gasteiger partial charge in [-0.3, -0.25) is 0 Å². The van der Waals surface area contributed by atoms with Crippen molar-refractivity contribution in [2.24, 2.45) is 5.73 Å². The third kappa shape index (κ3) is 1.92. The standard InChI is InChI=1S/C12H15N3/c1-10(9-13)15-8-7-14-12(15)11-5-3-2-4-6-11/h2-8,10H,9,13H2,1H3. The van der Waals surface area contributed by atoms with Crippen LogP contribution in [0.15, 0.2) is 42.7 Å². The first-order valence-corrected chi connectivity index (χ1v) is 5.11. The molecule has 0 aliphatic carbocycles. The summed E-state index contributed by atoms with van der Waals surface area (Å²) in [6, 6.07) is 10.4. The highest BCUT2D eigenvalue weighted by Gasteiger charge is 2.09. The molecule has 3 heteroatoms. The van der Waals surface area contributed by atoms with E-state index in [-0.39, 0.29) is 6.04 Å². The summed E-state index contributed by atoms with van der Waals surface area (Å²) in [6.45, 7) is 2.71. The van der Waals surface area contributed by atoms with Crippen molar-refractivity contribution in [3.63, 3.8) is 0 Å². The Morgan fingerprint density at radius 3 is 2.73 bits per heavy atom. The maximum Gasteiger partial charge on any atom is 0.140 e. The lowest BCUT2D eigenvalue weighted by Crippen LogP contribution is -2.16. The number of imidazole rings is 1. The van der Waals surface area contributed by atoms with Crippen molar-refractivity contribution >= 4 is 0 Å². The highest BCUT2D eigenvalue weighted by molar-refractivity contribution is 5.55. The minimum atomic E-state index is 0.280. The Kier molecular flexibility index (Phi) is 2.83. The largest absolute Gasteiger partial charge is 0.328 e. The molecule has 0 saturated heterocycles. The van der Waals surface area contributed by atoms with Crippen molar-refractivity contribution < 1.29 is 0 Å². The molecule has 15 heavy (non-hydrogen) atoms. The average molecular weight is 201 g/mol. The van der Waals surface area contributed by atoms with Gasteiger partial charge < -0.3 is 10.3 Å². The molecule has 0 radical (unpaired) electrons. The molecule has 2 rings (SSSR count). The molecular formula is C12H15N3. The molecule has 1 aromatic carbocycles. The summed E-state index contributed by atoms with van der Waals surface area (Å²) < 4.78 is 2.11. The van der Waals surface area contributed by atoms with Crippen LogP contribution in [-0.2, 0) is 0 Å². The first-order valence-electron chi connectivity index (χ1n) is 5.11. The zero-order valence-corrected chi connectivity index (χ0v) is 8.80. The van der Waals surface area contributed by atoms with Crippen molar-refractivity contribution in [3.05, 3.63) is 42.7 Å². The lowest BCUT2D eigenvalue weighted by molar-refractivity contribution is 0.563. The second-order valence-electron chi connectivity index (χ2n) is 3.61. The number of hydrogen-bond acceptors (Lipinski definition) is 2. The Morgan fingerprint density at radius 1 is 1.33 bits per heavy atom. The summed E-state index contributed by atoms with van der Waals surface area (Å²) in [7, 11) is 0. The van der Waals surface area contributed by atoms with Crippen LogP contribution in [0, 0.1) is 0 Å². The second-order valence-corrected chi connectivity index (χ2v) is 3.61. The molecule has 0 aliphatic heterocycles. The van der Waals surface area contributed by atoms with Crippen LogP contribution in [0.5, 0.6) is 0 Å². The number of nitrogens with two attached hydrogens (primary N) is 1. The van der Waals surface area contributed by atoms with Gasteiger partial charge in [0.25, 0.3) is 0 Å². The van der Waals surface area contributed by atoms with Crippen LogP contribution in [-0.4, -0.2) is 16.1 Å². The lowest BCUT2D eigenvalue weighted by Gasteiger charge is -2.13. The molecule has 0 fully saturated rings. The first-order chi connectivity index (χ1) is 7.33. The van der Waals surface area contributed by atoms with Crippen molar-refractivity contribution in [2.45, 2.75) is 13.0 Å². The zero-order valence-electron chi connectivity index (χ0n) is 8.80. The number of aromatic nitrogens is 2. The predicted octanol–water partition coefficient (Wildman–Crippen LogP) is 2.07. The summed E-state index contributed by atoms with van der Waals surface area (Å²) >= 11 is 0. The lowest BCUT2D eigenvalue weighted by atomic mass is 10.2. The van der Waals surface area contributed by atoms with E-state index in [0.29, 0.717) is 6.54 Å². The highest BCUT2D eigenvalue weighted by atomic mass is 15.1. The molecule has 0 spiro atoms. The quantitative estimate of drug-likeness (QED) is 0.826. The predicted molar refractivity (Wildman–Crippen MR) is 61.4 cm³/mol. The number of benzene rings is 1. The fourth-order valence-electron chi connectivity index (χ4n) is 1.59. The molecule has 1 heterocycles. The number of hydrogen-bond donors (Lipinski definition) is 1. The summed E-state index contributed by atoms with van der Waals surface area (Å²) in [5.74, 6) is 0.980. The molecule has 2 aromatic rings. The van der Waals surface area contributed by atoms with Crippen LogP contribution in [0.25, 0.3) is 11.4 Å². The first kappa shape index (κ1) is 9.93. The normalized spacial score (nSPS) is 12.7. The monoisotopic (exact) mass is 201 g/mol. The van der Waals surface area contributed by atoms with E-state index in [0.717, 1.165) is 11.4 Å². The van der Waals surface area contributed by atoms with Gasteiger partial charge in [0.05, 0.1) is 0 Å². The molecule has 78 valence electrons. The minimum absolute atomic E-state index is 0.280. The van der Waals surface area contributed by atoms with Crippen molar-refractivity contribution in [1.29, 1.82) is 0 Å². The van der Waals surface area contributed by atoms with Gasteiger partial charge in [-0.15, -0.1) is 0 Å². The molecule has 1 atom stereocenters. The van der Waals surface area contributed by atoms with E-state index in [2.05, 4.69) is 28.6 Å². The van der Waals surface area contributed by atoms with E-state index in [1.165, 1.54) is 0 Å². The van der Waals surface area contributed by atoms with Gasteiger partial charge in [-0.25, -0.2) is 4.98 Å².